The Labute approximate surface area is 162 Å². The number of hydroxylamine groups is 1. The summed E-state index contributed by atoms with van der Waals surface area (Å²) >= 11 is 0. The number of nitrogens with zero attached hydrogens (tertiary/aromatic N) is 1. The van der Waals surface area contributed by atoms with Gasteiger partial charge in [-0.2, -0.15) is 5.26 Å². The zero-order chi connectivity index (χ0) is 20.7. The summed E-state index contributed by atoms with van der Waals surface area (Å²) in [5, 5.41) is 18.3. The lowest BCUT2D eigenvalue weighted by Gasteiger charge is -2.16. The van der Waals surface area contributed by atoms with Crippen LogP contribution in [0.15, 0.2) is 36.4 Å². The van der Waals surface area contributed by atoms with Gasteiger partial charge in [0, 0.05) is 6.08 Å². The van der Waals surface area contributed by atoms with Crippen molar-refractivity contribution in [2.45, 2.75) is 0 Å². The molecule has 0 saturated heterocycles. The van der Waals surface area contributed by atoms with Crippen LogP contribution in [0.3, 0.4) is 0 Å². The topological polar surface area (TPSA) is 110 Å². The Hall–Kier alpha value is -3.70. The average molecular weight is 384 g/mol. The fourth-order valence-electron chi connectivity index (χ4n) is 2.75. The second-order valence-corrected chi connectivity index (χ2v) is 5.46. The number of carbonyl (C=O) groups is 1. The van der Waals surface area contributed by atoms with Crippen LogP contribution in [0, 0.1) is 11.3 Å². The molecule has 2 rings (SSSR count). The number of benzene rings is 2. The molecule has 0 heterocycles. The average Bonchev–Trinajstić information content (AvgIpc) is 2.75. The molecular weight excluding hydrogens is 364 g/mol. The van der Waals surface area contributed by atoms with Crippen molar-refractivity contribution in [1.82, 2.24) is 5.48 Å². The van der Waals surface area contributed by atoms with Gasteiger partial charge >= 0.3 is 0 Å². The van der Waals surface area contributed by atoms with Gasteiger partial charge in [-0.25, -0.2) is 5.48 Å². The zero-order valence-corrected chi connectivity index (χ0v) is 15.9. The maximum absolute atomic E-state index is 12.0. The van der Waals surface area contributed by atoms with E-state index in [0.717, 1.165) is 0 Å². The summed E-state index contributed by atoms with van der Waals surface area (Å²) in [7, 11) is 5.89. The molecule has 0 saturated carbocycles. The molecule has 0 aliphatic rings. The standard InChI is InChI=1S/C20H20N2O6/c1-25-16-6-5-12(9-15(16)20(23)22-24)14(7-8-21)13-10-17(26-2)19(28-4)18(11-13)27-3/h5-7,9-11,24H,1-4H3,(H,22,23). The van der Waals surface area contributed by atoms with E-state index in [4.69, 9.17) is 24.2 Å². The van der Waals surface area contributed by atoms with Crippen LogP contribution < -0.4 is 24.4 Å². The molecule has 0 fully saturated rings. The predicted molar refractivity (Wildman–Crippen MR) is 101 cm³/mol. The minimum Gasteiger partial charge on any atom is -0.496 e. The van der Waals surface area contributed by atoms with Crippen LogP contribution in [-0.4, -0.2) is 39.6 Å². The highest BCUT2D eigenvalue weighted by Gasteiger charge is 2.18. The molecule has 0 aromatic heterocycles. The van der Waals surface area contributed by atoms with Crippen LogP contribution in [0.1, 0.15) is 21.5 Å². The van der Waals surface area contributed by atoms with Crippen molar-refractivity contribution in [1.29, 1.82) is 5.26 Å². The van der Waals surface area contributed by atoms with Gasteiger partial charge in [0.2, 0.25) is 5.75 Å². The molecule has 0 atom stereocenters. The highest BCUT2D eigenvalue weighted by molar-refractivity contribution is 5.98. The molecule has 8 nitrogen and oxygen atoms in total. The minimum atomic E-state index is -0.736. The molecule has 8 heteroatoms. The summed E-state index contributed by atoms with van der Waals surface area (Å²) in [5.74, 6) is 0.793. The smallest absolute Gasteiger partial charge is 0.278 e. The fraction of sp³-hybridized carbons (Fsp3) is 0.200. The van der Waals surface area contributed by atoms with E-state index in [2.05, 4.69) is 0 Å². The number of rotatable bonds is 7. The van der Waals surface area contributed by atoms with Crippen LogP contribution in [-0.2, 0) is 0 Å². The molecule has 0 aliphatic carbocycles. The lowest BCUT2D eigenvalue weighted by Crippen LogP contribution is -2.19. The molecule has 0 bridgehead atoms. The molecule has 146 valence electrons. The summed E-state index contributed by atoms with van der Waals surface area (Å²) in [5.41, 5.74) is 3.37. The lowest BCUT2D eigenvalue weighted by atomic mass is 9.95. The van der Waals surface area contributed by atoms with Crippen LogP contribution >= 0.6 is 0 Å². The summed E-state index contributed by atoms with van der Waals surface area (Å²) in [6.45, 7) is 0. The van der Waals surface area contributed by atoms with Gasteiger partial charge in [0.05, 0.1) is 40.1 Å². The number of nitrogens with one attached hydrogen (secondary N) is 1. The van der Waals surface area contributed by atoms with Crippen molar-refractivity contribution in [3.05, 3.63) is 53.1 Å². The first-order valence-electron chi connectivity index (χ1n) is 8.07. The SMILES string of the molecule is COc1ccc(C(=CC#N)c2cc(OC)c(OC)c(OC)c2)cc1C(=O)NO. The molecule has 0 unspecified atom stereocenters. The number of amides is 1. The first-order chi connectivity index (χ1) is 13.5. The maximum Gasteiger partial charge on any atom is 0.278 e. The largest absolute Gasteiger partial charge is 0.496 e. The van der Waals surface area contributed by atoms with E-state index in [9.17, 15) is 10.1 Å². The Kier molecular flexibility index (Phi) is 6.84. The van der Waals surface area contributed by atoms with Crippen molar-refractivity contribution in [2.75, 3.05) is 28.4 Å². The number of nitriles is 1. The molecule has 0 aliphatic heterocycles. The molecule has 0 spiro atoms. The summed E-state index contributed by atoms with van der Waals surface area (Å²) in [6.07, 6.45) is 1.34. The van der Waals surface area contributed by atoms with Crippen LogP contribution in [0.2, 0.25) is 0 Å². The first-order valence-corrected chi connectivity index (χ1v) is 8.07. The van der Waals surface area contributed by atoms with E-state index >= 15 is 0 Å². The van der Waals surface area contributed by atoms with Gasteiger partial charge in [-0.1, -0.05) is 6.07 Å². The van der Waals surface area contributed by atoms with Gasteiger partial charge in [-0.05, 0) is 41.0 Å². The summed E-state index contributed by atoms with van der Waals surface area (Å²) in [6, 6.07) is 10.2. The Morgan fingerprint density at radius 2 is 1.57 bits per heavy atom. The maximum atomic E-state index is 12.0. The van der Waals surface area contributed by atoms with Gasteiger partial charge in [-0.15, -0.1) is 0 Å². The first kappa shape index (κ1) is 20.6. The third kappa shape index (κ3) is 4.00. The number of hydrogen-bond donors (Lipinski definition) is 2. The third-order valence-corrected chi connectivity index (χ3v) is 4.04. The van der Waals surface area contributed by atoms with Crippen LogP contribution in [0.5, 0.6) is 23.0 Å². The quantitative estimate of drug-likeness (QED) is 0.429. The molecule has 2 aromatic carbocycles. The highest BCUT2D eigenvalue weighted by Crippen LogP contribution is 2.41. The van der Waals surface area contributed by atoms with E-state index in [-0.39, 0.29) is 11.3 Å². The molecule has 2 N–H and O–H groups in total. The highest BCUT2D eigenvalue weighted by atomic mass is 16.5. The van der Waals surface area contributed by atoms with Gasteiger partial charge in [0.15, 0.2) is 11.5 Å². The Balaban J connectivity index is 2.70. The van der Waals surface area contributed by atoms with Crippen molar-refractivity contribution >= 4 is 11.5 Å². The molecule has 1 amide bonds. The number of methoxy groups -OCH3 is 4. The number of carbonyl (C=O) groups excluding carboxylic acids is 1. The van der Waals surface area contributed by atoms with Gasteiger partial charge in [0.25, 0.3) is 5.91 Å². The summed E-state index contributed by atoms with van der Waals surface area (Å²) in [4.78, 5) is 12.0. The van der Waals surface area contributed by atoms with Gasteiger partial charge in [0.1, 0.15) is 5.75 Å². The van der Waals surface area contributed by atoms with Crippen molar-refractivity contribution < 1.29 is 28.9 Å². The van der Waals surface area contributed by atoms with Crippen molar-refractivity contribution in [3.63, 3.8) is 0 Å². The van der Waals surface area contributed by atoms with Crippen LogP contribution in [0.25, 0.3) is 5.57 Å². The molecule has 0 radical (unpaired) electrons. The molecule has 28 heavy (non-hydrogen) atoms. The Bertz CT molecular complexity index is 921. The van der Waals surface area contributed by atoms with E-state index < -0.39 is 5.91 Å². The van der Waals surface area contributed by atoms with E-state index in [1.54, 1.807) is 29.7 Å². The summed E-state index contributed by atoms with van der Waals surface area (Å²) < 4.78 is 21.2. The fourth-order valence-corrected chi connectivity index (χ4v) is 2.75. The van der Waals surface area contributed by atoms with Crippen LogP contribution in [0.4, 0.5) is 0 Å². The van der Waals surface area contributed by atoms with Crippen molar-refractivity contribution in [3.8, 4) is 29.1 Å². The van der Waals surface area contributed by atoms with Gasteiger partial charge < -0.3 is 18.9 Å². The third-order valence-electron chi connectivity index (χ3n) is 4.04. The molecular formula is C20H20N2O6. The minimum absolute atomic E-state index is 0.110. The monoisotopic (exact) mass is 384 g/mol. The molecule has 2 aromatic rings. The Morgan fingerprint density at radius 1 is 0.964 bits per heavy atom. The van der Waals surface area contributed by atoms with E-state index in [1.807, 2.05) is 6.07 Å². The van der Waals surface area contributed by atoms with Gasteiger partial charge in [-0.3, -0.25) is 10.0 Å². The normalized spacial score (nSPS) is 10.6. The van der Waals surface area contributed by atoms with Crippen molar-refractivity contribution in [2.24, 2.45) is 0 Å². The zero-order valence-electron chi connectivity index (χ0n) is 15.9. The lowest BCUT2D eigenvalue weighted by molar-refractivity contribution is 0.0703. The number of ether oxygens (including phenoxy) is 4. The number of hydrogen-bond acceptors (Lipinski definition) is 7. The second-order valence-electron chi connectivity index (χ2n) is 5.46. The van der Waals surface area contributed by atoms with E-state index in [0.29, 0.717) is 33.9 Å². The second kappa shape index (κ2) is 9.30. The predicted octanol–water partition coefficient (Wildman–Crippen LogP) is 2.80. The number of allylic oxidation sites excluding steroid dienone is 1. The Morgan fingerprint density at radius 3 is 2.04 bits per heavy atom. The van der Waals surface area contributed by atoms with E-state index in [1.165, 1.54) is 40.6 Å².